The molecule has 0 unspecified atom stereocenters. The summed E-state index contributed by atoms with van der Waals surface area (Å²) in [7, 11) is 1.26. The highest BCUT2D eigenvalue weighted by atomic mass is 16.5. The average Bonchev–Trinajstić information content (AvgIpc) is 2.04. The van der Waals surface area contributed by atoms with Gasteiger partial charge in [0.25, 0.3) is 0 Å². The van der Waals surface area contributed by atoms with Crippen molar-refractivity contribution in [3.8, 4) is 35.5 Å². The standard InChI is InChI=1S/C9H6O2/c1-3-4-5-6-7-8-9(10)11-2/h1-2H3. The third-order valence-electron chi connectivity index (χ3n) is 0.662. The van der Waals surface area contributed by atoms with Gasteiger partial charge in [-0.05, 0) is 30.6 Å². The Hall–Kier alpha value is -1.85. The fourth-order valence-electron chi connectivity index (χ4n) is 0.258. The van der Waals surface area contributed by atoms with Crippen LogP contribution in [0.15, 0.2) is 0 Å². The molecule has 0 saturated heterocycles. The summed E-state index contributed by atoms with van der Waals surface area (Å²) in [6, 6.07) is 0. The van der Waals surface area contributed by atoms with E-state index in [2.05, 4.69) is 40.3 Å². The van der Waals surface area contributed by atoms with Crippen LogP contribution in [0.4, 0.5) is 0 Å². The van der Waals surface area contributed by atoms with Crippen LogP contribution in [-0.4, -0.2) is 13.1 Å². The van der Waals surface area contributed by atoms with E-state index in [0.717, 1.165) is 0 Å². The molecule has 0 rings (SSSR count). The van der Waals surface area contributed by atoms with Crippen LogP contribution in [0, 0.1) is 35.5 Å². The maximum atomic E-state index is 10.3. The lowest BCUT2D eigenvalue weighted by atomic mass is 10.5. The minimum atomic E-state index is -0.594. The molecule has 2 heteroatoms. The van der Waals surface area contributed by atoms with Crippen molar-refractivity contribution >= 4 is 5.97 Å². The molecule has 0 aromatic rings. The molecule has 11 heavy (non-hydrogen) atoms. The second-order valence-corrected chi connectivity index (χ2v) is 1.37. The van der Waals surface area contributed by atoms with Gasteiger partial charge in [0.05, 0.1) is 7.11 Å². The lowest BCUT2D eigenvalue weighted by molar-refractivity contribution is -0.133. The molecular weight excluding hydrogens is 140 g/mol. The second-order valence-electron chi connectivity index (χ2n) is 1.37. The van der Waals surface area contributed by atoms with Crippen LogP contribution in [0.2, 0.25) is 0 Å². The van der Waals surface area contributed by atoms with E-state index in [0.29, 0.717) is 0 Å². The molecule has 54 valence electrons. The van der Waals surface area contributed by atoms with Gasteiger partial charge in [-0.2, -0.15) is 0 Å². The monoisotopic (exact) mass is 146 g/mol. The van der Waals surface area contributed by atoms with E-state index in [4.69, 9.17) is 0 Å². The molecule has 0 aliphatic rings. The SMILES string of the molecule is CC#CC#CC#CC(=O)OC. The molecule has 0 amide bonds. The van der Waals surface area contributed by atoms with Gasteiger partial charge < -0.3 is 4.74 Å². The molecule has 2 nitrogen and oxygen atoms in total. The van der Waals surface area contributed by atoms with Crippen molar-refractivity contribution < 1.29 is 9.53 Å². The second kappa shape index (κ2) is 6.27. The Morgan fingerprint density at radius 3 is 2.36 bits per heavy atom. The van der Waals surface area contributed by atoms with E-state index in [-0.39, 0.29) is 0 Å². The zero-order chi connectivity index (χ0) is 8.53. The highest BCUT2D eigenvalue weighted by molar-refractivity contribution is 5.88. The van der Waals surface area contributed by atoms with Gasteiger partial charge >= 0.3 is 5.97 Å². The fraction of sp³-hybridized carbons (Fsp3) is 0.222. The van der Waals surface area contributed by atoms with Crippen LogP contribution in [-0.2, 0) is 9.53 Å². The molecule has 0 atom stereocenters. The first kappa shape index (κ1) is 9.15. The number of carbonyl (C=O) groups excluding carboxylic acids is 1. The third kappa shape index (κ3) is 6.03. The van der Waals surface area contributed by atoms with Gasteiger partial charge in [0, 0.05) is 5.92 Å². The molecular formula is C9H6O2. The summed E-state index contributed by atoms with van der Waals surface area (Å²) in [5.41, 5.74) is 0. The van der Waals surface area contributed by atoms with Crippen molar-refractivity contribution in [2.24, 2.45) is 0 Å². The Labute approximate surface area is 65.9 Å². The normalized spacial score (nSPS) is 5.27. The lowest BCUT2D eigenvalue weighted by Crippen LogP contribution is -1.93. The van der Waals surface area contributed by atoms with E-state index in [1.54, 1.807) is 6.92 Å². The van der Waals surface area contributed by atoms with E-state index in [1.165, 1.54) is 7.11 Å². The summed E-state index contributed by atoms with van der Waals surface area (Å²) < 4.78 is 4.24. The van der Waals surface area contributed by atoms with Crippen LogP contribution in [0.1, 0.15) is 6.92 Å². The Kier molecular flexibility index (Phi) is 5.22. The minimum absolute atomic E-state index is 0.594. The summed E-state index contributed by atoms with van der Waals surface area (Å²) in [6.45, 7) is 1.67. The van der Waals surface area contributed by atoms with Crippen LogP contribution in [0.5, 0.6) is 0 Å². The summed E-state index contributed by atoms with van der Waals surface area (Å²) >= 11 is 0. The van der Waals surface area contributed by atoms with Gasteiger partial charge in [-0.1, -0.05) is 5.92 Å². The van der Waals surface area contributed by atoms with E-state index in [9.17, 15) is 4.79 Å². The van der Waals surface area contributed by atoms with Crippen molar-refractivity contribution in [1.29, 1.82) is 0 Å². The molecule has 0 aromatic carbocycles. The molecule has 0 heterocycles. The van der Waals surface area contributed by atoms with Gasteiger partial charge in [-0.15, -0.1) is 0 Å². The van der Waals surface area contributed by atoms with Gasteiger partial charge in [-0.25, -0.2) is 4.79 Å². The van der Waals surface area contributed by atoms with E-state index < -0.39 is 5.97 Å². The van der Waals surface area contributed by atoms with Crippen molar-refractivity contribution in [2.75, 3.05) is 7.11 Å². The van der Waals surface area contributed by atoms with Gasteiger partial charge in [0.15, 0.2) is 0 Å². The summed E-state index contributed by atoms with van der Waals surface area (Å²) in [4.78, 5) is 10.3. The maximum Gasteiger partial charge on any atom is 0.385 e. The number of hydrogen-bond acceptors (Lipinski definition) is 2. The molecule has 0 N–H and O–H groups in total. The van der Waals surface area contributed by atoms with E-state index in [1.807, 2.05) is 0 Å². The van der Waals surface area contributed by atoms with Gasteiger partial charge in [0.2, 0.25) is 0 Å². The van der Waals surface area contributed by atoms with Crippen molar-refractivity contribution in [1.82, 2.24) is 0 Å². The molecule has 0 fully saturated rings. The molecule has 0 aromatic heterocycles. The maximum absolute atomic E-state index is 10.3. The third-order valence-corrected chi connectivity index (χ3v) is 0.662. The summed E-state index contributed by atoms with van der Waals surface area (Å²) in [5.74, 6) is 13.7. The van der Waals surface area contributed by atoms with Crippen LogP contribution >= 0.6 is 0 Å². The smallest absolute Gasteiger partial charge is 0.385 e. The van der Waals surface area contributed by atoms with Crippen LogP contribution in [0.3, 0.4) is 0 Å². The zero-order valence-electron chi connectivity index (χ0n) is 6.32. The minimum Gasteiger partial charge on any atom is -0.459 e. The Balaban J connectivity index is 4.00. The predicted octanol–water partition coefficient (Wildman–Crippen LogP) is 0.190. The number of ether oxygens (including phenoxy) is 1. The lowest BCUT2D eigenvalue weighted by Gasteiger charge is -1.80. The number of methoxy groups -OCH3 is 1. The van der Waals surface area contributed by atoms with Crippen molar-refractivity contribution in [3.63, 3.8) is 0 Å². The van der Waals surface area contributed by atoms with E-state index >= 15 is 0 Å². The zero-order valence-corrected chi connectivity index (χ0v) is 6.32. The number of hydrogen-bond donors (Lipinski definition) is 0. The van der Waals surface area contributed by atoms with Crippen molar-refractivity contribution in [3.05, 3.63) is 0 Å². The quantitative estimate of drug-likeness (QED) is 0.277. The first-order valence-corrected chi connectivity index (χ1v) is 2.82. The average molecular weight is 146 g/mol. The highest BCUT2D eigenvalue weighted by Gasteiger charge is 1.85. The largest absolute Gasteiger partial charge is 0.459 e. The molecule has 0 bridgehead atoms. The Morgan fingerprint density at radius 1 is 1.18 bits per heavy atom. The molecule has 0 aliphatic carbocycles. The number of rotatable bonds is 0. The van der Waals surface area contributed by atoms with Crippen LogP contribution in [0.25, 0.3) is 0 Å². The molecule has 0 radical (unpaired) electrons. The molecule has 0 aliphatic heterocycles. The molecule has 0 spiro atoms. The highest BCUT2D eigenvalue weighted by Crippen LogP contribution is 1.65. The molecule has 0 saturated carbocycles. The predicted molar refractivity (Wildman–Crippen MR) is 41.0 cm³/mol. The Morgan fingerprint density at radius 2 is 1.82 bits per heavy atom. The van der Waals surface area contributed by atoms with Gasteiger partial charge in [-0.3, -0.25) is 0 Å². The summed E-state index contributed by atoms with van der Waals surface area (Å²) in [6.07, 6.45) is 0. The number of carbonyl (C=O) groups is 1. The fourth-order valence-corrected chi connectivity index (χ4v) is 0.258. The van der Waals surface area contributed by atoms with Crippen LogP contribution < -0.4 is 0 Å². The van der Waals surface area contributed by atoms with Gasteiger partial charge in [0.1, 0.15) is 0 Å². The van der Waals surface area contributed by atoms with Crippen molar-refractivity contribution in [2.45, 2.75) is 6.92 Å². The summed E-state index contributed by atoms with van der Waals surface area (Å²) in [5, 5.41) is 0. The number of esters is 1. The first-order chi connectivity index (χ1) is 5.31. The first-order valence-electron chi connectivity index (χ1n) is 2.82. The Bertz CT molecular complexity index is 307. The topological polar surface area (TPSA) is 26.3 Å².